The maximum atomic E-state index is 12.7. The van der Waals surface area contributed by atoms with E-state index >= 15 is 0 Å². The third-order valence-electron chi connectivity index (χ3n) is 4.55. The van der Waals surface area contributed by atoms with E-state index in [1.54, 1.807) is 0 Å². The van der Waals surface area contributed by atoms with Gasteiger partial charge in [0.2, 0.25) is 23.6 Å². The van der Waals surface area contributed by atoms with E-state index in [-0.39, 0.29) is 18.6 Å². The SMILES string of the molecule is CC(O)C(NC(=O)C(CS)NC(=O)C(CCC(N)=O)NC(=O)C1CCCN1)C(=O)O. The summed E-state index contributed by atoms with van der Waals surface area (Å²) in [5, 5.41) is 28.6. The third-order valence-corrected chi connectivity index (χ3v) is 4.92. The zero-order valence-electron chi connectivity index (χ0n) is 16.6. The molecule has 1 fully saturated rings. The van der Waals surface area contributed by atoms with E-state index in [2.05, 4.69) is 33.9 Å². The lowest BCUT2D eigenvalue weighted by atomic mass is 10.1. The van der Waals surface area contributed by atoms with Crippen LogP contribution in [0.25, 0.3) is 0 Å². The molecular weight excluding hydrogens is 418 g/mol. The Morgan fingerprint density at radius 3 is 2.23 bits per heavy atom. The van der Waals surface area contributed by atoms with Gasteiger partial charge in [0.25, 0.3) is 0 Å². The molecule has 0 aliphatic carbocycles. The second-order valence-corrected chi connectivity index (χ2v) is 7.39. The van der Waals surface area contributed by atoms with Crippen molar-refractivity contribution in [2.75, 3.05) is 12.3 Å². The number of thiol groups is 1. The molecule has 4 amide bonds. The van der Waals surface area contributed by atoms with Gasteiger partial charge in [-0.3, -0.25) is 19.2 Å². The average molecular weight is 448 g/mol. The Bertz CT molecular complexity index is 654. The molecule has 30 heavy (non-hydrogen) atoms. The van der Waals surface area contributed by atoms with Crippen molar-refractivity contribution in [3.8, 4) is 0 Å². The van der Waals surface area contributed by atoms with Crippen LogP contribution in [0.3, 0.4) is 0 Å². The molecule has 0 radical (unpaired) electrons. The first-order valence-corrected chi connectivity index (χ1v) is 10.1. The standard InChI is InChI=1S/C17H29N5O7S/c1-8(23)13(17(28)29)22-16(27)11(7-30)21-15(26)10(4-5-12(18)24)20-14(25)9-3-2-6-19-9/h8-11,13,19,23,30H,2-7H2,1H3,(H2,18,24)(H,20,25)(H,21,26)(H,22,27)(H,28,29). The van der Waals surface area contributed by atoms with Crippen LogP contribution in [0, 0.1) is 0 Å². The van der Waals surface area contributed by atoms with Gasteiger partial charge in [-0.05, 0) is 32.7 Å². The lowest BCUT2D eigenvalue weighted by Crippen LogP contribution is -2.58. The van der Waals surface area contributed by atoms with Gasteiger partial charge in [0.05, 0.1) is 12.1 Å². The van der Waals surface area contributed by atoms with Crippen LogP contribution in [-0.4, -0.2) is 82.4 Å². The quantitative estimate of drug-likeness (QED) is 0.143. The predicted molar refractivity (Wildman–Crippen MR) is 108 cm³/mol. The number of hydrogen-bond donors (Lipinski definition) is 8. The highest BCUT2D eigenvalue weighted by Crippen LogP contribution is 2.07. The summed E-state index contributed by atoms with van der Waals surface area (Å²) in [4.78, 5) is 59.6. The summed E-state index contributed by atoms with van der Waals surface area (Å²) in [6.07, 6.45) is -0.201. The number of aliphatic hydroxyl groups is 1. The minimum atomic E-state index is -1.57. The fourth-order valence-electron chi connectivity index (χ4n) is 2.85. The molecule has 1 heterocycles. The molecule has 5 unspecified atom stereocenters. The molecule has 5 atom stereocenters. The second kappa shape index (κ2) is 12.3. The van der Waals surface area contributed by atoms with E-state index in [4.69, 9.17) is 10.8 Å². The van der Waals surface area contributed by atoms with Gasteiger partial charge in [0.1, 0.15) is 12.1 Å². The highest BCUT2D eigenvalue weighted by atomic mass is 32.1. The summed E-state index contributed by atoms with van der Waals surface area (Å²) < 4.78 is 0. The molecule has 0 aromatic heterocycles. The van der Waals surface area contributed by atoms with Gasteiger partial charge >= 0.3 is 5.97 Å². The van der Waals surface area contributed by atoms with E-state index in [0.717, 1.165) is 6.42 Å². The van der Waals surface area contributed by atoms with E-state index < -0.39 is 59.9 Å². The first-order valence-electron chi connectivity index (χ1n) is 9.51. The van der Waals surface area contributed by atoms with Crippen LogP contribution in [0.1, 0.15) is 32.6 Å². The van der Waals surface area contributed by atoms with Crippen molar-refractivity contribution in [1.29, 1.82) is 0 Å². The monoisotopic (exact) mass is 447 g/mol. The lowest BCUT2D eigenvalue weighted by Gasteiger charge is -2.25. The Hall–Kier alpha value is -2.38. The molecule has 1 aliphatic heterocycles. The van der Waals surface area contributed by atoms with Gasteiger partial charge < -0.3 is 37.2 Å². The summed E-state index contributed by atoms with van der Waals surface area (Å²) in [5.41, 5.74) is 5.13. The largest absolute Gasteiger partial charge is 0.480 e. The molecule has 1 saturated heterocycles. The van der Waals surface area contributed by atoms with Gasteiger partial charge in [-0.1, -0.05) is 0 Å². The number of rotatable bonds is 12. The predicted octanol–water partition coefficient (Wildman–Crippen LogP) is -3.15. The zero-order valence-corrected chi connectivity index (χ0v) is 17.5. The fraction of sp³-hybridized carbons (Fsp3) is 0.706. The van der Waals surface area contributed by atoms with Gasteiger partial charge in [-0.2, -0.15) is 12.6 Å². The van der Waals surface area contributed by atoms with Crippen LogP contribution >= 0.6 is 12.6 Å². The van der Waals surface area contributed by atoms with Crippen LogP contribution in [0.4, 0.5) is 0 Å². The maximum Gasteiger partial charge on any atom is 0.328 e. The van der Waals surface area contributed by atoms with E-state index in [9.17, 15) is 29.1 Å². The molecule has 1 aliphatic rings. The molecule has 0 aromatic rings. The van der Waals surface area contributed by atoms with Crippen LogP contribution in [0.2, 0.25) is 0 Å². The molecule has 12 nitrogen and oxygen atoms in total. The number of carboxylic acid groups (broad SMARTS) is 1. The van der Waals surface area contributed by atoms with Crippen molar-refractivity contribution in [3.63, 3.8) is 0 Å². The first-order chi connectivity index (χ1) is 14.1. The molecule has 13 heteroatoms. The summed E-state index contributed by atoms with van der Waals surface area (Å²) in [7, 11) is 0. The highest BCUT2D eigenvalue weighted by Gasteiger charge is 2.32. The molecule has 8 N–H and O–H groups in total. The Kier molecular flexibility index (Phi) is 10.6. The normalized spacial score (nSPS) is 19.8. The van der Waals surface area contributed by atoms with Crippen molar-refractivity contribution in [2.24, 2.45) is 5.73 Å². The molecular formula is C17H29N5O7S. The van der Waals surface area contributed by atoms with Crippen LogP contribution in [0.15, 0.2) is 0 Å². The van der Waals surface area contributed by atoms with Gasteiger partial charge in [0.15, 0.2) is 6.04 Å². The number of nitrogens with two attached hydrogens (primary N) is 1. The smallest absolute Gasteiger partial charge is 0.328 e. The number of carboxylic acids is 1. The lowest BCUT2D eigenvalue weighted by molar-refractivity contribution is -0.145. The van der Waals surface area contributed by atoms with Crippen molar-refractivity contribution in [3.05, 3.63) is 0 Å². The fourth-order valence-corrected chi connectivity index (χ4v) is 3.10. The molecule has 1 rings (SSSR count). The molecule has 0 saturated carbocycles. The van der Waals surface area contributed by atoms with Crippen LogP contribution in [0.5, 0.6) is 0 Å². The van der Waals surface area contributed by atoms with Gasteiger partial charge in [-0.15, -0.1) is 0 Å². The number of aliphatic hydroxyl groups excluding tert-OH is 1. The topological polar surface area (TPSA) is 200 Å². The van der Waals surface area contributed by atoms with Crippen molar-refractivity contribution < 1.29 is 34.2 Å². The van der Waals surface area contributed by atoms with E-state index in [1.165, 1.54) is 6.92 Å². The number of nitrogens with one attached hydrogen (secondary N) is 4. The average Bonchev–Trinajstić information content (AvgIpc) is 3.21. The summed E-state index contributed by atoms with van der Waals surface area (Å²) in [5.74, 6) is -4.32. The van der Waals surface area contributed by atoms with Crippen LogP contribution < -0.4 is 27.0 Å². The molecule has 0 spiro atoms. The second-order valence-electron chi connectivity index (χ2n) is 7.02. The van der Waals surface area contributed by atoms with Crippen molar-refractivity contribution in [2.45, 2.75) is 62.9 Å². The highest BCUT2D eigenvalue weighted by molar-refractivity contribution is 7.80. The summed E-state index contributed by atoms with van der Waals surface area (Å²) in [6.45, 7) is 1.87. The number of aliphatic carboxylic acids is 1. The number of amides is 4. The third kappa shape index (κ3) is 8.16. The van der Waals surface area contributed by atoms with Gasteiger partial charge in [-0.25, -0.2) is 4.79 Å². The minimum Gasteiger partial charge on any atom is -0.480 e. The molecule has 0 bridgehead atoms. The zero-order chi connectivity index (χ0) is 22.8. The van der Waals surface area contributed by atoms with E-state index in [0.29, 0.717) is 13.0 Å². The van der Waals surface area contributed by atoms with Gasteiger partial charge in [0, 0.05) is 12.2 Å². The summed E-state index contributed by atoms with van der Waals surface area (Å²) >= 11 is 3.99. The van der Waals surface area contributed by atoms with E-state index in [1.807, 2.05) is 0 Å². The Morgan fingerprint density at radius 2 is 1.77 bits per heavy atom. The van der Waals surface area contributed by atoms with Crippen LogP contribution in [-0.2, 0) is 24.0 Å². The first kappa shape index (κ1) is 25.7. The molecule has 0 aromatic carbocycles. The summed E-state index contributed by atoms with van der Waals surface area (Å²) in [6, 6.07) is -4.40. The Labute approximate surface area is 179 Å². The number of hydrogen-bond acceptors (Lipinski definition) is 8. The maximum absolute atomic E-state index is 12.7. The number of carbonyl (C=O) groups is 5. The molecule has 170 valence electrons. The van der Waals surface area contributed by atoms with Crippen molar-refractivity contribution >= 4 is 42.2 Å². The van der Waals surface area contributed by atoms with Crippen molar-refractivity contribution in [1.82, 2.24) is 21.3 Å². The Morgan fingerprint density at radius 1 is 1.13 bits per heavy atom. The number of primary amides is 1. The Balaban J connectivity index is 2.81. The minimum absolute atomic E-state index is 0.0774. The number of carbonyl (C=O) groups excluding carboxylic acids is 4.